The molecule has 0 saturated carbocycles. The monoisotopic (exact) mass is 226 g/mol. The van der Waals surface area contributed by atoms with Crippen LogP contribution < -0.4 is 5.32 Å². The Kier molecular flexibility index (Phi) is 3.98. The largest absolute Gasteiger partial charge is 0.481 e. The average molecular weight is 226 g/mol. The van der Waals surface area contributed by atoms with Crippen LogP contribution in [0.2, 0.25) is 0 Å². The molecule has 0 spiro atoms. The number of amides is 1. The molecule has 0 aliphatic carbocycles. The highest BCUT2D eigenvalue weighted by atomic mass is 16.4. The van der Waals surface area contributed by atoms with Crippen molar-refractivity contribution in [2.45, 2.75) is 26.4 Å². The number of nitrogens with one attached hydrogen (secondary N) is 1. The zero-order valence-corrected chi connectivity index (χ0v) is 9.12. The summed E-state index contributed by atoms with van der Waals surface area (Å²) in [6, 6.07) is -0.423. The number of rotatable bonds is 5. The van der Waals surface area contributed by atoms with Gasteiger partial charge in [0, 0.05) is 6.04 Å². The first-order chi connectivity index (χ1) is 7.50. The minimum Gasteiger partial charge on any atom is -0.481 e. The fourth-order valence-electron chi connectivity index (χ4n) is 1.10. The molecule has 2 N–H and O–H groups in total. The van der Waals surface area contributed by atoms with E-state index in [1.807, 2.05) is 0 Å². The van der Waals surface area contributed by atoms with Crippen LogP contribution in [0, 0.1) is 5.92 Å². The van der Waals surface area contributed by atoms with Gasteiger partial charge >= 0.3 is 5.97 Å². The topological polar surface area (TPSA) is 97.1 Å². The predicted octanol–water partition coefficient (Wildman–Crippen LogP) is -0.497. The molecule has 2 atom stereocenters. The summed E-state index contributed by atoms with van der Waals surface area (Å²) in [6.07, 6.45) is 2.75. The highest BCUT2D eigenvalue weighted by Gasteiger charge is 2.20. The molecule has 0 bridgehead atoms. The summed E-state index contributed by atoms with van der Waals surface area (Å²) in [5.41, 5.74) is 0. The Balaban J connectivity index is 2.42. The molecule has 1 amide bonds. The van der Waals surface area contributed by atoms with Gasteiger partial charge in [0.1, 0.15) is 19.2 Å². The van der Waals surface area contributed by atoms with Gasteiger partial charge in [-0.2, -0.15) is 5.10 Å². The molecule has 0 aromatic carbocycles. The standard InChI is InChI=1S/C9H14N4O3/c1-6(9(15)16)7(2)12-8(14)3-13-5-10-4-11-13/h4-7H,3H2,1-2H3,(H,12,14)(H,15,16). The first kappa shape index (κ1) is 12.2. The van der Waals surface area contributed by atoms with Gasteiger partial charge in [-0.1, -0.05) is 0 Å². The summed E-state index contributed by atoms with van der Waals surface area (Å²) >= 11 is 0. The zero-order chi connectivity index (χ0) is 12.1. The van der Waals surface area contributed by atoms with Gasteiger partial charge in [0.2, 0.25) is 5.91 Å². The molecule has 1 aromatic rings. The molecular formula is C9H14N4O3. The molecule has 7 heteroatoms. The SMILES string of the molecule is CC(NC(=O)Cn1cncn1)C(C)C(=O)O. The molecule has 0 aliphatic heterocycles. The Morgan fingerprint density at radius 1 is 1.50 bits per heavy atom. The normalized spacial score (nSPS) is 14.1. The van der Waals surface area contributed by atoms with Crippen molar-refractivity contribution in [2.24, 2.45) is 5.92 Å². The smallest absolute Gasteiger partial charge is 0.308 e. The third-order valence-electron chi connectivity index (χ3n) is 2.30. The van der Waals surface area contributed by atoms with E-state index in [4.69, 9.17) is 5.11 Å². The van der Waals surface area contributed by atoms with Gasteiger partial charge in [-0.15, -0.1) is 0 Å². The van der Waals surface area contributed by atoms with Crippen molar-refractivity contribution < 1.29 is 14.7 Å². The number of carbonyl (C=O) groups excluding carboxylic acids is 1. The molecule has 1 aromatic heterocycles. The second-order valence-corrected chi connectivity index (χ2v) is 3.58. The average Bonchev–Trinajstić information content (AvgIpc) is 2.68. The molecule has 0 saturated heterocycles. The maximum absolute atomic E-state index is 11.5. The number of carboxylic acid groups (broad SMARTS) is 1. The van der Waals surface area contributed by atoms with E-state index in [0.29, 0.717) is 0 Å². The molecule has 0 aliphatic rings. The highest BCUT2D eigenvalue weighted by Crippen LogP contribution is 2.02. The molecule has 1 rings (SSSR count). The first-order valence-corrected chi connectivity index (χ1v) is 4.85. The Morgan fingerprint density at radius 2 is 2.19 bits per heavy atom. The molecule has 0 fully saturated rings. The van der Waals surface area contributed by atoms with Crippen LogP contribution in [0.1, 0.15) is 13.8 Å². The van der Waals surface area contributed by atoms with Crippen LogP contribution in [0.5, 0.6) is 0 Å². The summed E-state index contributed by atoms with van der Waals surface area (Å²) in [7, 11) is 0. The Bertz CT molecular complexity index is 363. The molecule has 88 valence electrons. The third kappa shape index (κ3) is 3.34. The number of hydrogen-bond donors (Lipinski definition) is 2. The van der Waals surface area contributed by atoms with E-state index in [2.05, 4.69) is 15.4 Å². The van der Waals surface area contributed by atoms with Gasteiger partial charge in [-0.25, -0.2) is 9.67 Å². The van der Waals surface area contributed by atoms with Crippen molar-refractivity contribution >= 4 is 11.9 Å². The van der Waals surface area contributed by atoms with E-state index in [1.165, 1.54) is 17.3 Å². The van der Waals surface area contributed by atoms with Crippen molar-refractivity contribution in [3.05, 3.63) is 12.7 Å². The van der Waals surface area contributed by atoms with Crippen molar-refractivity contribution in [1.82, 2.24) is 20.1 Å². The fraction of sp³-hybridized carbons (Fsp3) is 0.556. The van der Waals surface area contributed by atoms with Gasteiger partial charge in [0.05, 0.1) is 5.92 Å². The predicted molar refractivity (Wildman–Crippen MR) is 54.4 cm³/mol. The van der Waals surface area contributed by atoms with Crippen molar-refractivity contribution in [3.8, 4) is 0 Å². The maximum Gasteiger partial charge on any atom is 0.308 e. The third-order valence-corrected chi connectivity index (χ3v) is 2.30. The van der Waals surface area contributed by atoms with Gasteiger partial charge < -0.3 is 10.4 Å². The molecular weight excluding hydrogens is 212 g/mol. The van der Waals surface area contributed by atoms with Crippen LogP contribution in [0.15, 0.2) is 12.7 Å². The Labute approximate surface area is 92.5 Å². The summed E-state index contributed by atoms with van der Waals surface area (Å²) in [5, 5.41) is 15.1. The van der Waals surface area contributed by atoms with Crippen LogP contribution in [0.3, 0.4) is 0 Å². The van der Waals surface area contributed by atoms with Gasteiger partial charge in [-0.05, 0) is 13.8 Å². The summed E-state index contributed by atoms with van der Waals surface area (Å²) in [4.78, 5) is 25.8. The van der Waals surface area contributed by atoms with Gasteiger partial charge in [0.25, 0.3) is 0 Å². The summed E-state index contributed by atoms with van der Waals surface area (Å²) in [6.45, 7) is 3.23. The number of hydrogen-bond acceptors (Lipinski definition) is 4. The molecule has 0 radical (unpaired) electrons. The minimum absolute atomic E-state index is 0.0384. The molecule has 2 unspecified atom stereocenters. The first-order valence-electron chi connectivity index (χ1n) is 4.85. The second-order valence-electron chi connectivity index (χ2n) is 3.58. The Hall–Kier alpha value is -1.92. The van der Waals surface area contributed by atoms with E-state index in [1.54, 1.807) is 13.8 Å². The number of nitrogens with zero attached hydrogens (tertiary/aromatic N) is 3. The number of carboxylic acids is 1. The lowest BCUT2D eigenvalue weighted by Gasteiger charge is -2.17. The van der Waals surface area contributed by atoms with E-state index in [9.17, 15) is 9.59 Å². The van der Waals surface area contributed by atoms with Crippen molar-refractivity contribution in [2.75, 3.05) is 0 Å². The molecule has 16 heavy (non-hydrogen) atoms. The van der Waals surface area contributed by atoms with Crippen LogP contribution in [-0.4, -0.2) is 37.8 Å². The van der Waals surface area contributed by atoms with Crippen LogP contribution in [-0.2, 0) is 16.1 Å². The van der Waals surface area contributed by atoms with Crippen molar-refractivity contribution in [1.29, 1.82) is 0 Å². The lowest BCUT2D eigenvalue weighted by Crippen LogP contribution is -2.41. The number of carbonyl (C=O) groups is 2. The quantitative estimate of drug-likeness (QED) is 0.705. The van der Waals surface area contributed by atoms with Crippen LogP contribution in [0.4, 0.5) is 0 Å². The number of aromatic nitrogens is 3. The van der Waals surface area contributed by atoms with E-state index < -0.39 is 17.9 Å². The highest BCUT2D eigenvalue weighted by molar-refractivity contribution is 5.77. The van der Waals surface area contributed by atoms with E-state index in [0.717, 1.165) is 0 Å². The van der Waals surface area contributed by atoms with E-state index >= 15 is 0 Å². The zero-order valence-electron chi connectivity index (χ0n) is 9.12. The summed E-state index contributed by atoms with van der Waals surface area (Å²) < 4.78 is 1.37. The van der Waals surface area contributed by atoms with Crippen molar-refractivity contribution in [3.63, 3.8) is 0 Å². The molecule has 7 nitrogen and oxygen atoms in total. The second kappa shape index (κ2) is 5.24. The lowest BCUT2D eigenvalue weighted by molar-refractivity contribution is -0.142. The van der Waals surface area contributed by atoms with Gasteiger partial charge in [0.15, 0.2) is 0 Å². The lowest BCUT2D eigenvalue weighted by atomic mass is 10.0. The fourth-order valence-corrected chi connectivity index (χ4v) is 1.10. The van der Waals surface area contributed by atoms with Crippen LogP contribution >= 0.6 is 0 Å². The minimum atomic E-state index is -0.937. The number of aliphatic carboxylic acids is 1. The summed E-state index contributed by atoms with van der Waals surface area (Å²) in [5.74, 6) is -1.85. The van der Waals surface area contributed by atoms with E-state index in [-0.39, 0.29) is 12.5 Å². The molecule has 1 heterocycles. The van der Waals surface area contributed by atoms with Gasteiger partial charge in [-0.3, -0.25) is 9.59 Å². The van der Waals surface area contributed by atoms with Crippen LogP contribution in [0.25, 0.3) is 0 Å². The Morgan fingerprint density at radius 3 is 2.69 bits per heavy atom. The maximum atomic E-state index is 11.5.